The number of anilines is 1. The topological polar surface area (TPSA) is 36.4 Å². The molecule has 0 fully saturated rings. The van der Waals surface area contributed by atoms with Crippen molar-refractivity contribution in [3.8, 4) is 0 Å². The Morgan fingerprint density at radius 1 is 1.20 bits per heavy atom. The normalized spacial score (nSPS) is 12.8. The van der Waals surface area contributed by atoms with E-state index in [1.807, 2.05) is 37.3 Å². The fourth-order valence-corrected chi connectivity index (χ4v) is 2.33. The first kappa shape index (κ1) is 19.2. The molecule has 2 aromatic carbocycles. The molecule has 0 aliphatic rings. The highest BCUT2D eigenvalue weighted by Gasteiger charge is 2.31. The van der Waals surface area contributed by atoms with Gasteiger partial charge in [-0.15, -0.1) is 0 Å². The first-order valence-corrected chi connectivity index (χ1v) is 8.08. The molecule has 0 saturated carbocycles. The summed E-state index contributed by atoms with van der Waals surface area (Å²) >= 11 is 10.9. The van der Waals surface area contributed by atoms with Crippen LogP contribution in [-0.4, -0.2) is 11.3 Å². The highest BCUT2D eigenvalue weighted by atomic mass is 35.5. The molecule has 2 aromatic rings. The van der Waals surface area contributed by atoms with E-state index >= 15 is 0 Å². The van der Waals surface area contributed by atoms with Crippen LogP contribution in [0, 0.1) is 0 Å². The predicted molar refractivity (Wildman–Crippen MR) is 99.2 cm³/mol. The molecule has 132 valence electrons. The van der Waals surface area contributed by atoms with Crippen molar-refractivity contribution < 1.29 is 13.2 Å². The van der Waals surface area contributed by atoms with Crippen molar-refractivity contribution in [2.75, 3.05) is 5.32 Å². The summed E-state index contributed by atoms with van der Waals surface area (Å²) < 4.78 is 38.2. The Morgan fingerprint density at radius 2 is 1.88 bits per heavy atom. The fourth-order valence-electron chi connectivity index (χ4n) is 2.00. The molecule has 8 heteroatoms. The van der Waals surface area contributed by atoms with Gasteiger partial charge < -0.3 is 5.32 Å². The monoisotopic (exact) mass is 385 g/mol. The largest absolute Gasteiger partial charge is 0.416 e. The molecule has 0 aromatic heterocycles. The molecule has 0 aliphatic heterocycles. The van der Waals surface area contributed by atoms with Crippen molar-refractivity contribution in [2.24, 2.45) is 5.10 Å². The average Bonchev–Trinajstić information content (AvgIpc) is 2.56. The Morgan fingerprint density at radius 3 is 2.52 bits per heavy atom. The van der Waals surface area contributed by atoms with Crippen molar-refractivity contribution in [1.29, 1.82) is 0 Å². The van der Waals surface area contributed by atoms with Gasteiger partial charge in [0.05, 0.1) is 16.3 Å². The summed E-state index contributed by atoms with van der Waals surface area (Å²) in [7, 11) is 0. The first-order chi connectivity index (χ1) is 11.8. The number of hydrogen-bond donors (Lipinski definition) is 2. The van der Waals surface area contributed by atoms with Crippen molar-refractivity contribution >= 4 is 40.8 Å². The number of nitrogens with zero attached hydrogens (tertiary/aromatic N) is 1. The van der Waals surface area contributed by atoms with Crippen LogP contribution in [0.15, 0.2) is 53.6 Å². The standard InChI is InChI=1S/C17H15ClF3N3S/c1-11(12-5-3-2-4-6-12)10-22-24-16(25)23-15-9-13(17(19,20)21)7-8-14(15)18/h2-11H,1H3,(H2,23,24,25)/b22-10+. The van der Waals surface area contributed by atoms with Crippen LogP contribution in [0.4, 0.5) is 18.9 Å². The number of nitrogens with one attached hydrogen (secondary N) is 2. The molecular weight excluding hydrogens is 371 g/mol. The number of benzene rings is 2. The molecule has 25 heavy (non-hydrogen) atoms. The zero-order chi connectivity index (χ0) is 18.4. The SMILES string of the molecule is CC(/C=N/NC(=S)Nc1cc(C(F)(F)F)ccc1Cl)c1ccccc1. The molecule has 2 rings (SSSR count). The lowest BCUT2D eigenvalue weighted by molar-refractivity contribution is -0.137. The zero-order valence-electron chi connectivity index (χ0n) is 13.1. The molecule has 0 spiro atoms. The summed E-state index contributed by atoms with van der Waals surface area (Å²) in [6, 6.07) is 12.7. The van der Waals surface area contributed by atoms with Gasteiger partial charge in [-0.3, -0.25) is 5.43 Å². The van der Waals surface area contributed by atoms with Crippen LogP contribution in [0.3, 0.4) is 0 Å². The Kier molecular flexibility index (Phi) is 6.39. The highest BCUT2D eigenvalue weighted by molar-refractivity contribution is 7.80. The summed E-state index contributed by atoms with van der Waals surface area (Å²) in [5.74, 6) is 0.0497. The van der Waals surface area contributed by atoms with Gasteiger partial charge in [-0.25, -0.2) is 0 Å². The number of rotatable bonds is 4. The maximum Gasteiger partial charge on any atom is 0.416 e. The minimum absolute atomic E-state index is 0.0396. The molecular formula is C17H15ClF3N3S. The lowest BCUT2D eigenvalue weighted by Crippen LogP contribution is -2.24. The van der Waals surface area contributed by atoms with Gasteiger partial charge in [0.1, 0.15) is 0 Å². The third-order valence-electron chi connectivity index (χ3n) is 3.33. The predicted octanol–water partition coefficient (Wildman–Crippen LogP) is 5.43. The van der Waals surface area contributed by atoms with Gasteiger partial charge in [0.2, 0.25) is 0 Å². The van der Waals surface area contributed by atoms with Crippen molar-refractivity contribution in [3.05, 3.63) is 64.7 Å². The number of alkyl halides is 3. The molecule has 0 saturated heterocycles. The van der Waals surface area contributed by atoms with E-state index in [0.717, 1.165) is 23.8 Å². The van der Waals surface area contributed by atoms with Crippen LogP contribution in [0.1, 0.15) is 24.0 Å². The number of hydrogen-bond acceptors (Lipinski definition) is 2. The van der Waals surface area contributed by atoms with Gasteiger partial charge in [0.25, 0.3) is 0 Å². The number of halogens is 4. The minimum Gasteiger partial charge on any atom is -0.330 e. The van der Waals surface area contributed by atoms with E-state index in [0.29, 0.717) is 0 Å². The smallest absolute Gasteiger partial charge is 0.330 e. The summed E-state index contributed by atoms with van der Waals surface area (Å²) in [6.45, 7) is 1.96. The third kappa shape index (κ3) is 5.72. The van der Waals surface area contributed by atoms with E-state index < -0.39 is 11.7 Å². The minimum atomic E-state index is -4.46. The summed E-state index contributed by atoms with van der Waals surface area (Å²) in [4.78, 5) is 0. The van der Waals surface area contributed by atoms with Gasteiger partial charge in [-0.05, 0) is 36.0 Å². The Labute approximate surface area is 153 Å². The van der Waals surface area contributed by atoms with Crippen LogP contribution < -0.4 is 10.7 Å². The Hall–Kier alpha value is -2.12. The van der Waals surface area contributed by atoms with Crippen LogP contribution >= 0.6 is 23.8 Å². The Balaban J connectivity index is 1.97. The van der Waals surface area contributed by atoms with Crippen LogP contribution in [0.5, 0.6) is 0 Å². The van der Waals surface area contributed by atoms with Gasteiger partial charge in [-0.2, -0.15) is 18.3 Å². The zero-order valence-corrected chi connectivity index (χ0v) is 14.7. The van der Waals surface area contributed by atoms with Gasteiger partial charge in [0, 0.05) is 12.1 Å². The summed E-state index contributed by atoms with van der Waals surface area (Å²) in [5.41, 5.74) is 2.88. The van der Waals surface area contributed by atoms with Crippen molar-refractivity contribution in [3.63, 3.8) is 0 Å². The van der Waals surface area contributed by atoms with Crippen LogP contribution in [-0.2, 0) is 6.18 Å². The first-order valence-electron chi connectivity index (χ1n) is 7.29. The van der Waals surface area contributed by atoms with Crippen LogP contribution in [0.25, 0.3) is 0 Å². The maximum absolute atomic E-state index is 12.7. The molecule has 1 unspecified atom stereocenters. The van der Waals surface area contributed by atoms with Gasteiger partial charge in [0.15, 0.2) is 5.11 Å². The van der Waals surface area contributed by atoms with E-state index in [1.165, 1.54) is 0 Å². The fraction of sp³-hybridized carbons (Fsp3) is 0.176. The molecule has 0 aliphatic carbocycles. The number of thiocarbonyl (C=S) groups is 1. The second-order valence-corrected chi connectivity index (χ2v) is 6.05. The van der Waals surface area contributed by atoms with Crippen LogP contribution in [0.2, 0.25) is 5.02 Å². The molecule has 0 amide bonds. The second kappa shape index (κ2) is 8.31. The van der Waals surface area contributed by atoms with E-state index in [2.05, 4.69) is 15.8 Å². The molecule has 0 bridgehead atoms. The lowest BCUT2D eigenvalue weighted by Gasteiger charge is -2.12. The summed E-state index contributed by atoms with van der Waals surface area (Å²) in [6.07, 6.45) is -2.81. The van der Waals surface area contributed by atoms with Crippen molar-refractivity contribution in [2.45, 2.75) is 19.0 Å². The maximum atomic E-state index is 12.7. The molecule has 0 radical (unpaired) electrons. The average molecular weight is 386 g/mol. The second-order valence-electron chi connectivity index (χ2n) is 5.24. The molecule has 0 heterocycles. The quantitative estimate of drug-likeness (QED) is 0.418. The van der Waals surface area contributed by atoms with E-state index in [4.69, 9.17) is 23.8 Å². The lowest BCUT2D eigenvalue weighted by atomic mass is 10.0. The Bertz CT molecular complexity index is 763. The van der Waals surface area contributed by atoms with Crippen molar-refractivity contribution in [1.82, 2.24) is 5.43 Å². The van der Waals surface area contributed by atoms with Gasteiger partial charge in [-0.1, -0.05) is 48.9 Å². The summed E-state index contributed by atoms with van der Waals surface area (Å²) in [5, 5.41) is 6.77. The van der Waals surface area contributed by atoms with E-state index in [9.17, 15) is 13.2 Å². The molecule has 2 N–H and O–H groups in total. The third-order valence-corrected chi connectivity index (χ3v) is 3.85. The molecule has 1 atom stereocenters. The van der Waals surface area contributed by atoms with Gasteiger partial charge >= 0.3 is 6.18 Å². The highest BCUT2D eigenvalue weighted by Crippen LogP contribution is 2.33. The van der Waals surface area contributed by atoms with E-state index in [1.54, 1.807) is 6.21 Å². The molecule has 3 nitrogen and oxygen atoms in total. The van der Waals surface area contributed by atoms with E-state index in [-0.39, 0.29) is 21.7 Å². The number of hydrazone groups is 1.